The van der Waals surface area contributed by atoms with E-state index in [-0.39, 0.29) is 11.8 Å². The highest BCUT2D eigenvalue weighted by atomic mass is 16.1. The molecule has 1 aliphatic heterocycles. The Morgan fingerprint density at radius 3 is 2.63 bits per heavy atom. The van der Waals surface area contributed by atoms with Gasteiger partial charge in [-0.25, -0.2) is 0 Å². The lowest BCUT2D eigenvalue weighted by atomic mass is 9.85. The van der Waals surface area contributed by atoms with E-state index in [9.17, 15) is 4.79 Å². The van der Waals surface area contributed by atoms with Crippen LogP contribution in [-0.2, 0) is 11.3 Å². The number of hydrogen-bond donors (Lipinski definition) is 3. The third-order valence-electron chi connectivity index (χ3n) is 6.31. The first-order valence-electron chi connectivity index (χ1n) is 11.8. The molecule has 1 saturated carbocycles. The van der Waals surface area contributed by atoms with Crippen LogP contribution in [0.2, 0.25) is 0 Å². The number of guanidine groups is 1. The lowest BCUT2D eigenvalue weighted by Crippen LogP contribution is -2.51. The SMILES string of the molecule is CCNC(=NCCCNC(=O)C1CCC1)NC1CCN(Cc2ccccc2)C(C)C1. The maximum atomic E-state index is 11.9. The molecular formula is C24H39N5O. The highest BCUT2D eigenvalue weighted by Crippen LogP contribution is 2.26. The van der Waals surface area contributed by atoms with Crippen molar-refractivity contribution in [1.29, 1.82) is 0 Å². The number of nitrogens with one attached hydrogen (secondary N) is 3. The second-order valence-corrected chi connectivity index (χ2v) is 8.70. The molecule has 3 rings (SSSR count). The average molecular weight is 414 g/mol. The third-order valence-corrected chi connectivity index (χ3v) is 6.31. The summed E-state index contributed by atoms with van der Waals surface area (Å²) in [5.41, 5.74) is 1.38. The van der Waals surface area contributed by atoms with Crippen molar-refractivity contribution >= 4 is 11.9 Å². The fraction of sp³-hybridized carbons (Fsp3) is 0.667. The Kier molecular flexibility index (Phi) is 9.00. The van der Waals surface area contributed by atoms with Crippen LogP contribution < -0.4 is 16.0 Å². The van der Waals surface area contributed by atoms with Crippen molar-refractivity contribution in [2.75, 3.05) is 26.2 Å². The maximum Gasteiger partial charge on any atom is 0.223 e. The number of carbonyl (C=O) groups is 1. The first kappa shape index (κ1) is 22.6. The molecule has 2 fully saturated rings. The Hall–Kier alpha value is -2.08. The number of piperidine rings is 1. The Labute approximate surface area is 181 Å². The monoisotopic (exact) mass is 413 g/mol. The number of carbonyl (C=O) groups excluding carboxylic acids is 1. The van der Waals surface area contributed by atoms with Gasteiger partial charge < -0.3 is 16.0 Å². The van der Waals surface area contributed by atoms with E-state index in [2.05, 4.69) is 65.0 Å². The fourth-order valence-corrected chi connectivity index (χ4v) is 4.21. The molecule has 1 saturated heterocycles. The van der Waals surface area contributed by atoms with Gasteiger partial charge in [-0.05, 0) is 51.5 Å². The Morgan fingerprint density at radius 1 is 1.17 bits per heavy atom. The highest BCUT2D eigenvalue weighted by Gasteiger charge is 2.26. The van der Waals surface area contributed by atoms with Crippen molar-refractivity contribution < 1.29 is 4.79 Å². The summed E-state index contributed by atoms with van der Waals surface area (Å²) in [6.07, 6.45) is 6.43. The number of benzene rings is 1. The van der Waals surface area contributed by atoms with E-state index < -0.39 is 0 Å². The molecule has 1 aromatic carbocycles. The van der Waals surface area contributed by atoms with Crippen molar-refractivity contribution in [3.05, 3.63) is 35.9 Å². The molecule has 30 heavy (non-hydrogen) atoms. The number of nitrogens with zero attached hydrogens (tertiary/aromatic N) is 2. The molecule has 166 valence electrons. The predicted octanol–water partition coefficient (Wildman–Crippen LogP) is 2.90. The van der Waals surface area contributed by atoms with Gasteiger partial charge in [0.05, 0.1) is 0 Å². The van der Waals surface area contributed by atoms with E-state index >= 15 is 0 Å². The third kappa shape index (κ3) is 7.01. The van der Waals surface area contributed by atoms with Gasteiger partial charge in [0.1, 0.15) is 0 Å². The van der Waals surface area contributed by atoms with Gasteiger partial charge in [0, 0.05) is 50.7 Å². The van der Waals surface area contributed by atoms with E-state index in [0.717, 1.165) is 64.2 Å². The summed E-state index contributed by atoms with van der Waals surface area (Å²) in [4.78, 5) is 19.2. The van der Waals surface area contributed by atoms with E-state index in [1.165, 1.54) is 12.0 Å². The van der Waals surface area contributed by atoms with Crippen molar-refractivity contribution in [2.45, 2.75) is 71.0 Å². The summed E-state index contributed by atoms with van der Waals surface area (Å²) in [6, 6.07) is 11.7. The van der Waals surface area contributed by atoms with Crippen LogP contribution in [0.4, 0.5) is 0 Å². The lowest BCUT2D eigenvalue weighted by molar-refractivity contribution is -0.127. The van der Waals surface area contributed by atoms with Crippen molar-refractivity contribution in [3.8, 4) is 0 Å². The zero-order chi connectivity index (χ0) is 21.2. The predicted molar refractivity (Wildman–Crippen MR) is 123 cm³/mol. The highest BCUT2D eigenvalue weighted by molar-refractivity contribution is 5.80. The van der Waals surface area contributed by atoms with Gasteiger partial charge in [-0.2, -0.15) is 0 Å². The first-order chi connectivity index (χ1) is 14.7. The summed E-state index contributed by atoms with van der Waals surface area (Å²) >= 11 is 0. The molecule has 2 unspecified atom stereocenters. The first-order valence-corrected chi connectivity index (χ1v) is 11.8. The molecular weight excluding hydrogens is 374 g/mol. The Bertz CT molecular complexity index is 673. The summed E-state index contributed by atoms with van der Waals surface area (Å²) in [6.45, 7) is 8.84. The van der Waals surface area contributed by atoms with Crippen molar-refractivity contribution in [2.24, 2.45) is 10.9 Å². The van der Waals surface area contributed by atoms with Gasteiger partial charge in [0.2, 0.25) is 5.91 Å². The molecule has 0 radical (unpaired) electrons. The lowest BCUT2D eigenvalue weighted by Gasteiger charge is -2.38. The van der Waals surface area contributed by atoms with Crippen LogP contribution >= 0.6 is 0 Å². The number of hydrogen-bond acceptors (Lipinski definition) is 3. The molecule has 1 heterocycles. The molecule has 2 atom stereocenters. The number of aliphatic imine (C=N–C) groups is 1. The Balaban J connectivity index is 1.38. The summed E-state index contributed by atoms with van der Waals surface area (Å²) in [5, 5.41) is 10.1. The molecule has 2 aliphatic rings. The van der Waals surface area contributed by atoms with Crippen LogP contribution in [0.25, 0.3) is 0 Å². The molecule has 3 N–H and O–H groups in total. The van der Waals surface area contributed by atoms with Crippen LogP contribution in [0.5, 0.6) is 0 Å². The van der Waals surface area contributed by atoms with Gasteiger partial charge in [-0.15, -0.1) is 0 Å². The van der Waals surface area contributed by atoms with E-state index in [1.807, 2.05) is 0 Å². The summed E-state index contributed by atoms with van der Waals surface area (Å²) in [5.74, 6) is 1.39. The van der Waals surface area contributed by atoms with Crippen molar-refractivity contribution in [1.82, 2.24) is 20.9 Å². The minimum absolute atomic E-state index is 0.228. The number of rotatable bonds is 9. The van der Waals surface area contributed by atoms with Gasteiger partial charge in [0.15, 0.2) is 5.96 Å². The minimum Gasteiger partial charge on any atom is -0.357 e. The maximum absolute atomic E-state index is 11.9. The average Bonchev–Trinajstić information content (AvgIpc) is 2.69. The molecule has 1 aliphatic carbocycles. The van der Waals surface area contributed by atoms with Gasteiger partial charge >= 0.3 is 0 Å². The molecule has 1 aromatic rings. The largest absolute Gasteiger partial charge is 0.357 e. The van der Waals surface area contributed by atoms with E-state index in [4.69, 9.17) is 4.99 Å². The summed E-state index contributed by atoms with van der Waals surface area (Å²) in [7, 11) is 0. The minimum atomic E-state index is 0.228. The molecule has 6 heteroatoms. The molecule has 1 amide bonds. The van der Waals surface area contributed by atoms with E-state index in [0.29, 0.717) is 18.6 Å². The van der Waals surface area contributed by atoms with Crippen LogP contribution in [0.3, 0.4) is 0 Å². The van der Waals surface area contributed by atoms with Gasteiger partial charge in [-0.3, -0.25) is 14.7 Å². The van der Waals surface area contributed by atoms with E-state index in [1.54, 1.807) is 0 Å². The Morgan fingerprint density at radius 2 is 1.97 bits per heavy atom. The van der Waals surface area contributed by atoms with Crippen LogP contribution in [0.15, 0.2) is 35.3 Å². The zero-order valence-electron chi connectivity index (χ0n) is 18.7. The van der Waals surface area contributed by atoms with Crippen LogP contribution in [-0.4, -0.2) is 55.0 Å². The second-order valence-electron chi connectivity index (χ2n) is 8.70. The molecule has 0 aromatic heterocycles. The quantitative estimate of drug-likeness (QED) is 0.331. The van der Waals surface area contributed by atoms with Gasteiger partial charge in [-0.1, -0.05) is 36.8 Å². The smallest absolute Gasteiger partial charge is 0.223 e. The zero-order valence-corrected chi connectivity index (χ0v) is 18.7. The van der Waals surface area contributed by atoms with Crippen LogP contribution in [0, 0.1) is 5.92 Å². The summed E-state index contributed by atoms with van der Waals surface area (Å²) < 4.78 is 0. The standard InChI is InChI=1S/C24H39N5O/c1-3-25-24(27-15-8-14-26-23(30)21-11-7-12-21)28-22-13-16-29(19(2)17-22)18-20-9-5-4-6-10-20/h4-6,9-10,19,21-22H,3,7-8,11-18H2,1-2H3,(H,26,30)(H2,25,27,28). The number of likely N-dealkylation sites (tertiary alicyclic amines) is 1. The topological polar surface area (TPSA) is 68.8 Å². The molecule has 6 nitrogen and oxygen atoms in total. The second kappa shape index (κ2) is 11.9. The fourth-order valence-electron chi connectivity index (χ4n) is 4.21. The van der Waals surface area contributed by atoms with Gasteiger partial charge in [0.25, 0.3) is 0 Å². The van der Waals surface area contributed by atoms with Crippen molar-refractivity contribution in [3.63, 3.8) is 0 Å². The van der Waals surface area contributed by atoms with Crippen LogP contribution in [0.1, 0.15) is 57.9 Å². The normalized spacial score (nSPS) is 22.9. The molecule has 0 spiro atoms. The molecule has 0 bridgehead atoms. The number of amides is 1.